The van der Waals surface area contributed by atoms with Crippen molar-refractivity contribution in [2.45, 2.75) is 13.3 Å². The SMILES string of the molecule is CCN(CCO)C(=O)Nc1nnc(Cc2cccc(F)c2)s1. The third-order valence-electron chi connectivity index (χ3n) is 2.96. The van der Waals surface area contributed by atoms with Gasteiger partial charge in [0, 0.05) is 19.5 Å². The highest BCUT2D eigenvalue weighted by Gasteiger charge is 2.14. The van der Waals surface area contributed by atoms with E-state index < -0.39 is 0 Å². The Kier molecular flexibility index (Phi) is 5.79. The molecule has 0 fully saturated rings. The van der Waals surface area contributed by atoms with E-state index in [0.717, 1.165) is 5.56 Å². The number of urea groups is 1. The van der Waals surface area contributed by atoms with Crippen LogP contribution in [0.5, 0.6) is 0 Å². The first-order chi connectivity index (χ1) is 10.6. The predicted molar refractivity (Wildman–Crippen MR) is 82.5 cm³/mol. The Morgan fingerprint density at radius 1 is 1.45 bits per heavy atom. The van der Waals surface area contributed by atoms with Gasteiger partial charge in [-0.05, 0) is 24.6 Å². The lowest BCUT2D eigenvalue weighted by Gasteiger charge is -2.18. The lowest BCUT2D eigenvalue weighted by atomic mass is 10.1. The van der Waals surface area contributed by atoms with Gasteiger partial charge in [-0.15, -0.1) is 10.2 Å². The quantitative estimate of drug-likeness (QED) is 0.853. The molecule has 0 aliphatic carbocycles. The number of nitrogens with one attached hydrogen (secondary N) is 1. The average Bonchev–Trinajstić information content (AvgIpc) is 2.91. The van der Waals surface area contributed by atoms with Gasteiger partial charge in [-0.1, -0.05) is 23.5 Å². The number of anilines is 1. The summed E-state index contributed by atoms with van der Waals surface area (Å²) < 4.78 is 13.1. The average molecular weight is 324 g/mol. The molecule has 118 valence electrons. The molecule has 0 aliphatic rings. The van der Waals surface area contributed by atoms with Gasteiger partial charge in [0.2, 0.25) is 5.13 Å². The Bertz CT molecular complexity index is 635. The minimum Gasteiger partial charge on any atom is -0.395 e. The van der Waals surface area contributed by atoms with Crippen LogP contribution in [0.1, 0.15) is 17.5 Å². The van der Waals surface area contributed by atoms with Crippen LogP contribution in [0.15, 0.2) is 24.3 Å². The number of aliphatic hydroxyl groups is 1. The predicted octanol–water partition coefficient (Wildman–Crippen LogP) is 2.11. The van der Waals surface area contributed by atoms with E-state index in [4.69, 9.17) is 5.11 Å². The van der Waals surface area contributed by atoms with Crippen molar-refractivity contribution in [1.82, 2.24) is 15.1 Å². The largest absolute Gasteiger partial charge is 0.395 e. The van der Waals surface area contributed by atoms with Crippen LogP contribution in [0, 0.1) is 5.82 Å². The van der Waals surface area contributed by atoms with Crippen LogP contribution in [0.2, 0.25) is 0 Å². The van der Waals surface area contributed by atoms with Crippen molar-refractivity contribution in [2.24, 2.45) is 0 Å². The number of halogens is 1. The number of amides is 2. The number of carbonyl (C=O) groups is 1. The molecule has 2 rings (SSSR count). The van der Waals surface area contributed by atoms with Crippen molar-refractivity contribution in [3.63, 3.8) is 0 Å². The topological polar surface area (TPSA) is 78.4 Å². The second-order valence-corrected chi connectivity index (χ2v) is 5.60. The maximum Gasteiger partial charge on any atom is 0.323 e. The molecule has 0 radical (unpaired) electrons. The van der Waals surface area contributed by atoms with Crippen LogP contribution < -0.4 is 5.32 Å². The van der Waals surface area contributed by atoms with Crippen LogP contribution in [0.3, 0.4) is 0 Å². The molecule has 22 heavy (non-hydrogen) atoms. The number of likely N-dealkylation sites (N-methyl/N-ethyl adjacent to an activating group) is 1. The van der Waals surface area contributed by atoms with Gasteiger partial charge in [-0.25, -0.2) is 9.18 Å². The summed E-state index contributed by atoms with van der Waals surface area (Å²) in [5.41, 5.74) is 0.796. The molecule has 2 N–H and O–H groups in total. The number of benzene rings is 1. The maximum atomic E-state index is 13.1. The standard InChI is InChI=1S/C14H17FN4O2S/c1-2-19(6-7-20)14(21)16-13-18-17-12(22-13)9-10-4-3-5-11(15)8-10/h3-5,8,20H,2,6-7,9H2,1H3,(H,16,18,21). The molecule has 0 atom stereocenters. The zero-order chi connectivity index (χ0) is 15.9. The van der Waals surface area contributed by atoms with Crippen LogP contribution >= 0.6 is 11.3 Å². The Morgan fingerprint density at radius 2 is 2.27 bits per heavy atom. The summed E-state index contributed by atoms with van der Waals surface area (Å²) in [6.07, 6.45) is 0.458. The van der Waals surface area contributed by atoms with Crippen molar-refractivity contribution >= 4 is 22.5 Å². The van der Waals surface area contributed by atoms with Gasteiger partial charge in [0.05, 0.1) is 6.61 Å². The summed E-state index contributed by atoms with van der Waals surface area (Å²) in [5, 5.41) is 20.5. The van der Waals surface area contributed by atoms with Gasteiger partial charge in [0.25, 0.3) is 0 Å². The molecule has 2 amide bonds. The van der Waals surface area contributed by atoms with Crippen LogP contribution in [0.25, 0.3) is 0 Å². The fraction of sp³-hybridized carbons (Fsp3) is 0.357. The van der Waals surface area contributed by atoms with Gasteiger partial charge in [0.1, 0.15) is 10.8 Å². The fourth-order valence-corrected chi connectivity index (χ4v) is 2.66. The monoisotopic (exact) mass is 324 g/mol. The Morgan fingerprint density at radius 3 is 2.95 bits per heavy atom. The molecule has 6 nitrogen and oxygen atoms in total. The van der Waals surface area contributed by atoms with Crippen molar-refractivity contribution in [3.8, 4) is 0 Å². The Hall–Kier alpha value is -2.06. The molecule has 1 aromatic heterocycles. The summed E-state index contributed by atoms with van der Waals surface area (Å²) in [6, 6.07) is 5.95. The zero-order valence-electron chi connectivity index (χ0n) is 12.1. The highest BCUT2D eigenvalue weighted by atomic mass is 32.1. The number of carbonyl (C=O) groups excluding carboxylic acids is 1. The summed E-state index contributed by atoms with van der Waals surface area (Å²) in [4.78, 5) is 13.4. The fourth-order valence-electron chi connectivity index (χ4n) is 1.89. The first-order valence-corrected chi connectivity index (χ1v) is 7.67. The number of nitrogens with zero attached hydrogens (tertiary/aromatic N) is 3. The second kappa shape index (κ2) is 7.81. The van der Waals surface area contributed by atoms with E-state index in [1.807, 2.05) is 13.0 Å². The summed E-state index contributed by atoms with van der Waals surface area (Å²) >= 11 is 1.24. The number of rotatable bonds is 6. The van der Waals surface area contributed by atoms with Crippen LogP contribution in [-0.2, 0) is 6.42 Å². The van der Waals surface area contributed by atoms with Crippen LogP contribution in [-0.4, -0.2) is 45.9 Å². The third-order valence-corrected chi connectivity index (χ3v) is 3.80. The zero-order valence-corrected chi connectivity index (χ0v) is 12.9. The van der Waals surface area contributed by atoms with E-state index in [1.54, 1.807) is 6.07 Å². The summed E-state index contributed by atoms with van der Waals surface area (Å²) in [5.74, 6) is -0.293. The smallest absolute Gasteiger partial charge is 0.323 e. The van der Waals surface area contributed by atoms with Gasteiger partial charge in [-0.3, -0.25) is 5.32 Å². The van der Waals surface area contributed by atoms with Crippen LogP contribution in [0.4, 0.5) is 14.3 Å². The number of hydrogen-bond donors (Lipinski definition) is 2. The first kappa shape index (κ1) is 16.3. The van der Waals surface area contributed by atoms with E-state index >= 15 is 0 Å². The molecular formula is C14H17FN4O2S. The molecule has 0 spiro atoms. The van der Waals surface area contributed by atoms with Crippen molar-refractivity contribution < 1.29 is 14.3 Å². The second-order valence-electron chi connectivity index (χ2n) is 4.54. The van der Waals surface area contributed by atoms with E-state index in [-0.39, 0.29) is 25.0 Å². The van der Waals surface area contributed by atoms with Gasteiger partial charge >= 0.3 is 6.03 Å². The normalized spacial score (nSPS) is 10.5. The van der Waals surface area contributed by atoms with Crippen molar-refractivity contribution in [1.29, 1.82) is 0 Å². The Balaban J connectivity index is 1.98. The highest BCUT2D eigenvalue weighted by molar-refractivity contribution is 7.15. The minimum atomic E-state index is -0.329. The molecule has 0 saturated heterocycles. The number of aromatic nitrogens is 2. The van der Waals surface area contributed by atoms with E-state index in [1.165, 1.54) is 28.4 Å². The molecule has 0 aliphatic heterocycles. The molecule has 1 heterocycles. The lowest BCUT2D eigenvalue weighted by Crippen LogP contribution is -2.36. The molecular weight excluding hydrogens is 307 g/mol. The summed E-state index contributed by atoms with van der Waals surface area (Å²) in [6.45, 7) is 2.48. The molecule has 0 bridgehead atoms. The lowest BCUT2D eigenvalue weighted by molar-refractivity contribution is 0.192. The third kappa shape index (κ3) is 4.47. The van der Waals surface area contributed by atoms with Crippen molar-refractivity contribution in [2.75, 3.05) is 25.0 Å². The van der Waals surface area contributed by atoms with E-state index in [0.29, 0.717) is 23.1 Å². The van der Waals surface area contributed by atoms with Gasteiger partial charge in [-0.2, -0.15) is 0 Å². The number of aliphatic hydroxyl groups excluding tert-OH is 1. The molecule has 2 aromatic rings. The molecule has 0 unspecified atom stereocenters. The molecule has 0 saturated carbocycles. The minimum absolute atomic E-state index is 0.0950. The molecule has 1 aromatic carbocycles. The number of hydrogen-bond acceptors (Lipinski definition) is 5. The van der Waals surface area contributed by atoms with Gasteiger partial charge in [0.15, 0.2) is 0 Å². The van der Waals surface area contributed by atoms with E-state index in [2.05, 4.69) is 15.5 Å². The van der Waals surface area contributed by atoms with E-state index in [9.17, 15) is 9.18 Å². The van der Waals surface area contributed by atoms with Gasteiger partial charge < -0.3 is 10.0 Å². The first-order valence-electron chi connectivity index (χ1n) is 6.86. The Labute approximate surface area is 131 Å². The maximum absolute atomic E-state index is 13.1. The summed E-state index contributed by atoms with van der Waals surface area (Å²) in [7, 11) is 0. The highest BCUT2D eigenvalue weighted by Crippen LogP contribution is 2.19. The van der Waals surface area contributed by atoms with Crippen molar-refractivity contribution in [3.05, 3.63) is 40.7 Å². The molecule has 8 heteroatoms.